The molecule has 1 amide bonds. The van der Waals surface area contributed by atoms with Crippen LogP contribution >= 0.6 is 35.8 Å². The number of piperidine rings is 1. The summed E-state index contributed by atoms with van der Waals surface area (Å²) in [5.74, 6) is 1.89. The zero-order valence-corrected chi connectivity index (χ0v) is 17.4. The van der Waals surface area contributed by atoms with Crippen molar-refractivity contribution in [2.45, 2.75) is 24.9 Å². The van der Waals surface area contributed by atoms with Crippen molar-refractivity contribution in [1.29, 1.82) is 0 Å². The van der Waals surface area contributed by atoms with Crippen molar-refractivity contribution in [3.05, 3.63) is 52.8 Å². The van der Waals surface area contributed by atoms with E-state index in [9.17, 15) is 4.79 Å². The summed E-state index contributed by atoms with van der Waals surface area (Å²) in [4.78, 5) is 15.1. The Hall–Kier alpha value is -1.21. The third-order valence-electron chi connectivity index (χ3n) is 5.12. The van der Waals surface area contributed by atoms with Gasteiger partial charge < -0.3 is 10.2 Å². The molecule has 8 heteroatoms. The average Bonchev–Trinajstić information content (AvgIpc) is 3.19. The molecule has 0 radical (unpaired) electrons. The smallest absolute Gasteiger partial charge is 0.274 e. The fourth-order valence-electron chi connectivity index (χ4n) is 3.67. The number of halogens is 2. The molecule has 2 atom stereocenters. The van der Waals surface area contributed by atoms with Crippen LogP contribution in [0.1, 0.15) is 41.0 Å². The lowest BCUT2D eigenvalue weighted by Gasteiger charge is -2.35. The summed E-state index contributed by atoms with van der Waals surface area (Å²) in [5.41, 5.74) is 1.67. The zero-order valence-electron chi connectivity index (χ0n) is 15.0. The van der Waals surface area contributed by atoms with Crippen molar-refractivity contribution in [3.63, 3.8) is 0 Å². The van der Waals surface area contributed by atoms with Crippen LogP contribution in [0.5, 0.6) is 0 Å². The molecule has 5 nitrogen and oxygen atoms in total. The maximum Gasteiger partial charge on any atom is 0.274 e. The molecule has 1 aromatic carbocycles. The second kappa shape index (κ2) is 9.32. The van der Waals surface area contributed by atoms with E-state index in [0.29, 0.717) is 11.7 Å². The van der Waals surface area contributed by atoms with Gasteiger partial charge in [0.2, 0.25) is 0 Å². The van der Waals surface area contributed by atoms with Gasteiger partial charge in [-0.25, -0.2) is 0 Å². The second-order valence-corrected chi connectivity index (χ2v) is 8.41. The largest absolute Gasteiger partial charge is 0.329 e. The molecular formula is C19H24Cl2N4OS. The maximum atomic E-state index is 13.1. The Bertz CT molecular complexity index is 761. The topological polar surface area (TPSA) is 50.2 Å². The SMILES string of the molecule is Cl.O=C(c1ccn(C2CCCNC2)n1)N1CCSCC1c1ccc(Cl)cc1. The summed E-state index contributed by atoms with van der Waals surface area (Å²) in [7, 11) is 0. The van der Waals surface area contributed by atoms with Gasteiger partial charge in [0.15, 0.2) is 0 Å². The zero-order chi connectivity index (χ0) is 17.9. The predicted octanol–water partition coefficient (Wildman–Crippen LogP) is 3.81. The monoisotopic (exact) mass is 426 g/mol. The highest BCUT2D eigenvalue weighted by Gasteiger charge is 2.30. The van der Waals surface area contributed by atoms with E-state index in [1.54, 1.807) is 0 Å². The molecule has 1 N–H and O–H groups in total. The number of amides is 1. The predicted molar refractivity (Wildman–Crippen MR) is 113 cm³/mol. The van der Waals surface area contributed by atoms with Gasteiger partial charge in [-0.2, -0.15) is 16.9 Å². The molecule has 1 aromatic heterocycles. The van der Waals surface area contributed by atoms with Crippen LogP contribution in [0.2, 0.25) is 5.02 Å². The highest BCUT2D eigenvalue weighted by atomic mass is 35.5. The highest BCUT2D eigenvalue weighted by molar-refractivity contribution is 7.99. The van der Waals surface area contributed by atoms with Crippen LogP contribution in [0.25, 0.3) is 0 Å². The lowest BCUT2D eigenvalue weighted by Crippen LogP contribution is -2.41. The standard InChI is InChI=1S/C19H23ClN4OS.ClH/c20-15-5-3-14(4-6-15)18-13-26-11-10-23(18)19(25)17-7-9-24(22-17)16-2-1-8-21-12-16;/h3-7,9,16,18,21H,1-2,8,10-13H2;1H. The van der Waals surface area contributed by atoms with Gasteiger partial charge in [0, 0.05) is 35.8 Å². The number of carbonyl (C=O) groups excluding carboxylic acids is 1. The van der Waals surface area contributed by atoms with Gasteiger partial charge in [-0.05, 0) is 43.1 Å². The fourth-order valence-corrected chi connectivity index (χ4v) is 4.88. The molecule has 4 rings (SSSR count). The number of rotatable bonds is 3. The number of benzene rings is 1. The number of hydrogen-bond donors (Lipinski definition) is 1. The molecule has 0 saturated carbocycles. The number of nitrogens with zero attached hydrogens (tertiary/aromatic N) is 3. The van der Waals surface area contributed by atoms with Gasteiger partial charge in [-0.1, -0.05) is 23.7 Å². The molecule has 2 fully saturated rings. The minimum Gasteiger partial charge on any atom is -0.329 e. The normalized spacial score (nSPS) is 22.9. The Morgan fingerprint density at radius 2 is 2.07 bits per heavy atom. The lowest BCUT2D eigenvalue weighted by atomic mass is 10.1. The number of aromatic nitrogens is 2. The van der Waals surface area contributed by atoms with Crippen molar-refractivity contribution in [3.8, 4) is 0 Å². The van der Waals surface area contributed by atoms with Crippen molar-refractivity contribution in [1.82, 2.24) is 20.0 Å². The van der Waals surface area contributed by atoms with Gasteiger partial charge in [0.1, 0.15) is 5.69 Å². The first kappa shape index (κ1) is 20.5. The molecule has 0 bridgehead atoms. The molecule has 0 spiro atoms. The van der Waals surface area contributed by atoms with E-state index in [4.69, 9.17) is 11.6 Å². The summed E-state index contributed by atoms with van der Waals surface area (Å²) in [6, 6.07) is 10.1. The Labute approximate surface area is 175 Å². The van der Waals surface area contributed by atoms with E-state index in [1.165, 1.54) is 0 Å². The number of nitrogens with one attached hydrogen (secondary N) is 1. The molecular weight excluding hydrogens is 403 g/mol. The average molecular weight is 427 g/mol. The molecule has 2 aliphatic rings. The van der Waals surface area contributed by atoms with Crippen LogP contribution in [0.3, 0.4) is 0 Å². The van der Waals surface area contributed by atoms with Crippen molar-refractivity contribution >= 4 is 41.7 Å². The van der Waals surface area contributed by atoms with Crippen LogP contribution in [0.15, 0.2) is 36.5 Å². The summed E-state index contributed by atoms with van der Waals surface area (Å²) < 4.78 is 1.95. The third-order valence-corrected chi connectivity index (χ3v) is 6.39. The maximum absolute atomic E-state index is 13.1. The van der Waals surface area contributed by atoms with E-state index < -0.39 is 0 Å². The molecule has 2 saturated heterocycles. The summed E-state index contributed by atoms with van der Waals surface area (Å²) in [6.45, 7) is 2.73. The molecule has 0 aliphatic carbocycles. The van der Waals surface area contributed by atoms with Crippen molar-refractivity contribution in [2.75, 3.05) is 31.1 Å². The summed E-state index contributed by atoms with van der Waals surface area (Å²) >= 11 is 7.90. The summed E-state index contributed by atoms with van der Waals surface area (Å²) in [5, 5.41) is 8.72. The molecule has 2 aliphatic heterocycles. The van der Waals surface area contributed by atoms with E-state index in [0.717, 1.165) is 54.6 Å². The minimum atomic E-state index is 0. The van der Waals surface area contributed by atoms with Crippen molar-refractivity contribution < 1.29 is 4.79 Å². The number of thioether (sulfide) groups is 1. The quantitative estimate of drug-likeness (QED) is 0.810. The Morgan fingerprint density at radius 1 is 1.26 bits per heavy atom. The number of hydrogen-bond acceptors (Lipinski definition) is 4. The number of carbonyl (C=O) groups is 1. The van der Waals surface area contributed by atoms with E-state index >= 15 is 0 Å². The van der Waals surface area contributed by atoms with Gasteiger partial charge in [-0.3, -0.25) is 9.48 Å². The van der Waals surface area contributed by atoms with Gasteiger partial charge in [0.25, 0.3) is 5.91 Å². The van der Waals surface area contributed by atoms with Crippen LogP contribution in [0.4, 0.5) is 0 Å². The fraction of sp³-hybridized carbons (Fsp3) is 0.474. The van der Waals surface area contributed by atoms with Crippen LogP contribution in [-0.4, -0.2) is 51.7 Å². The van der Waals surface area contributed by atoms with Gasteiger partial charge in [0.05, 0.1) is 12.1 Å². The van der Waals surface area contributed by atoms with E-state index in [1.807, 2.05) is 57.9 Å². The molecule has 2 aromatic rings. The Morgan fingerprint density at radius 3 is 2.81 bits per heavy atom. The summed E-state index contributed by atoms with van der Waals surface area (Å²) in [6.07, 6.45) is 4.20. The molecule has 146 valence electrons. The van der Waals surface area contributed by atoms with Crippen LogP contribution in [-0.2, 0) is 0 Å². The molecule has 27 heavy (non-hydrogen) atoms. The Kier molecular flexibility index (Phi) is 7.09. The lowest BCUT2D eigenvalue weighted by molar-refractivity contribution is 0.0694. The first-order valence-electron chi connectivity index (χ1n) is 9.12. The van der Waals surface area contributed by atoms with E-state index in [2.05, 4.69) is 10.4 Å². The molecule has 2 unspecified atom stereocenters. The first-order chi connectivity index (χ1) is 12.7. The second-order valence-electron chi connectivity index (χ2n) is 6.82. The van der Waals surface area contributed by atoms with E-state index in [-0.39, 0.29) is 24.4 Å². The van der Waals surface area contributed by atoms with Gasteiger partial charge in [-0.15, -0.1) is 12.4 Å². The van der Waals surface area contributed by atoms with Crippen molar-refractivity contribution in [2.24, 2.45) is 0 Å². The van der Waals surface area contributed by atoms with Gasteiger partial charge >= 0.3 is 0 Å². The minimum absolute atomic E-state index is 0. The van der Waals surface area contributed by atoms with Crippen LogP contribution < -0.4 is 5.32 Å². The highest BCUT2D eigenvalue weighted by Crippen LogP contribution is 2.31. The first-order valence-corrected chi connectivity index (χ1v) is 10.7. The molecule has 3 heterocycles. The van der Waals surface area contributed by atoms with Crippen LogP contribution in [0, 0.1) is 0 Å². The third kappa shape index (κ3) is 4.62. The Balaban J connectivity index is 0.00000210.